The van der Waals surface area contributed by atoms with Crippen LogP contribution < -0.4 is 0 Å². The second-order valence-electron chi connectivity index (χ2n) is 7.26. The SMILES string of the molecule is C=C/C=C\C(=C/C)CC1(CO)CCN(C(=O)OC(C)(C)C)CC1.CC.CC. The van der Waals surface area contributed by atoms with Crippen LogP contribution in [0.5, 0.6) is 0 Å². The molecule has 0 radical (unpaired) electrons. The van der Waals surface area contributed by atoms with Crippen LogP contribution in [-0.2, 0) is 4.74 Å². The smallest absolute Gasteiger partial charge is 0.410 e. The number of nitrogens with zero attached hydrogens (tertiary/aromatic N) is 1. The van der Waals surface area contributed by atoms with Crippen LogP contribution in [0, 0.1) is 5.41 Å². The minimum absolute atomic E-state index is 0.133. The first kappa shape index (κ1) is 27.7. The van der Waals surface area contributed by atoms with E-state index < -0.39 is 5.60 Å². The molecule has 0 aromatic carbocycles. The van der Waals surface area contributed by atoms with Crippen LogP contribution in [0.4, 0.5) is 4.79 Å². The summed E-state index contributed by atoms with van der Waals surface area (Å²) < 4.78 is 5.43. The number of rotatable bonds is 5. The molecule has 1 fully saturated rings. The summed E-state index contributed by atoms with van der Waals surface area (Å²) in [4.78, 5) is 13.9. The Morgan fingerprint density at radius 3 is 2.07 bits per heavy atom. The lowest BCUT2D eigenvalue weighted by Gasteiger charge is -2.41. The van der Waals surface area contributed by atoms with Crippen LogP contribution in [0.1, 0.15) is 74.7 Å². The molecule has 0 atom stereocenters. The fraction of sp³-hybridized carbons (Fsp3) is 0.696. The molecule has 0 aromatic rings. The monoisotopic (exact) mass is 381 g/mol. The Morgan fingerprint density at radius 2 is 1.70 bits per heavy atom. The highest BCUT2D eigenvalue weighted by atomic mass is 16.6. The Hall–Kier alpha value is -1.55. The van der Waals surface area contributed by atoms with Crippen molar-refractivity contribution in [3.63, 3.8) is 0 Å². The minimum Gasteiger partial charge on any atom is -0.444 e. The van der Waals surface area contributed by atoms with Gasteiger partial charge in [-0.2, -0.15) is 0 Å². The molecule has 0 spiro atoms. The van der Waals surface area contributed by atoms with Gasteiger partial charge in [-0.25, -0.2) is 4.79 Å². The zero-order valence-corrected chi connectivity index (χ0v) is 19.0. The van der Waals surface area contributed by atoms with Crippen molar-refractivity contribution in [3.05, 3.63) is 36.5 Å². The summed E-state index contributed by atoms with van der Waals surface area (Å²) in [5.41, 5.74) is 0.548. The first-order valence-electron chi connectivity index (χ1n) is 10.3. The standard InChI is InChI=1S/C19H31NO3.2C2H6/c1-6-8-9-16(7-2)14-19(15-21)10-12-20(13-11-19)17(22)23-18(3,4)5;2*1-2/h6-9,21H,1,10-15H2,2-5H3;2*1-2H3/b9-8-,16-7+;;. The number of amides is 1. The third kappa shape index (κ3) is 11.0. The van der Waals surface area contributed by atoms with Gasteiger partial charge in [-0.05, 0) is 47.0 Å². The van der Waals surface area contributed by atoms with Gasteiger partial charge in [-0.1, -0.05) is 64.2 Å². The van der Waals surface area contributed by atoms with Gasteiger partial charge in [0.15, 0.2) is 0 Å². The Kier molecular flexibility index (Phi) is 14.9. The van der Waals surface area contributed by atoms with E-state index in [-0.39, 0.29) is 18.1 Å². The van der Waals surface area contributed by atoms with Gasteiger partial charge in [0.25, 0.3) is 0 Å². The lowest BCUT2D eigenvalue weighted by molar-refractivity contribution is 0.00000145. The van der Waals surface area contributed by atoms with E-state index in [4.69, 9.17) is 4.74 Å². The van der Waals surface area contributed by atoms with E-state index in [1.165, 1.54) is 5.57 Å². The van der Waals surface area contributed by atoms with E-state index in [2.05, 4.69) is 12.7 Å². The molecule has 158 valence electrons. The van der Waals surface area contributed by atoms with Crippen molar-refractivity contribution < 1.29 is 14.6 Å². The molecular weight excluding hydrogens is 338 g/mol. The third-order valence-electron chi connectivity index (χ3n) is 4.21. The Bertz CT molecular complexity index is 465. The van der Waals surface area contributed by atoms with E-state index >= 15 is 0 Å². The number of hydrogen-bond acceptors (Lipinski definition) is 3. The van der Waals surface area contributed by atoms with E-state index in [1.54, 1.807) is 11.0 Å². The van der Waals surface area contributed by atoms with Crippen LogP contribution in [0.15, 0.2) is 36.5 Å². The summed E-state index contributed by atoms with van der Waals surface area (Å²) in [5, 5.41) is 9.92. The van der Waals surface area contributed by atoms with Crippen LogP contribution in [0.3, 0.4) is 0 Å². The van der Waals surface area contributed by atoms with Crippen LogP contribution in [-0.4, -0.2) is 41.4 Å². The van der Waals surface area contributed by atoms with Gasteiger partial charge < -0.3 is 14.7 Å². The van der Waals surface area contributed by atoms with Crippen molar-refractivity contribution in [3.8, 4) is 0 Å². The molecule has 0 aliphatic carbocycles. The Morgan fingerprint density at radius 1 is 1.19 bits per heavy atom. The normalized spacial score (nSPS) is 16.6. The van der Waals surface area contributed by atoms with Crippen molar-refractivity contribution in [1.29, 1.82) is 0 Å². The first-order chi connectivity index (χ1) is 12.7. The number of allylic oxidation sites excluding steroid dienone is 5. The number of carbonyl (C=O) groups is 1. The summed E-state index contributed by atoms with van der Waals surface area (Å²) in [6.45, 7) is 20.7. The van der Waals surface area contributed by atoms with Gasteiger partial charge in [0.1, 0.15) is 5.60 Å². The number of likely N-dealkylation sites (tertiary alicyclic amines) is 1. The Balaban J connectivity index is 0. The molecule has 1 amide bonds. The highest BCUT2D eigenvalue weighted by molar-refractivity contribution is 5.68. The quantitative estimate of drug-likeness (QED) is 0.583. The topological polar surface area (TPSA) is 49.8 Å². The van der Waals surface area contributed by atoms with E-state index in [0.717, 1.165) is 19.3 Å². The molecule has 1 N–H and O–H groups in total. The molecule has 1 rings (SSSR count). The van der Waals surface area contributed by atoms with Crippen LogP contribution in [0.2, 0.25) is 0 Å². The molecule has 4 heteroatoms. The van der Waals surface area contributed by atoms with E-state index in [1.807, 2.05) is 67.5 Å². The first-order valence-corrected chi connectivity index (χ1v) is 10.3. The molecular formula is C23H43NO3. The van der Waals surface area contributed by atoms with Gasteiger partial charge in [0, 0.05) is 25.1 Å². The summed E-state index contributed by atoms with van der Waals surface area (Å²) in [7, 11) is 0. The van der Waals surface area contributed by atoms with Gasteiger partial charge in [-0.15, -0.1) is 0 Å². The molecule has 4 nitrogen and oxygen atoms in total. The molecule has 0 aromatic heterocycles. The van der Waals surface area contributed by atoms with Crippen molar-refractivity contribution in [2.24, 2.45) is 5.41 Å². The predicted molar refractivity (Wildman–Crippen MR) is 117 cm³/mol. The lowest BCUT2D eigenvalue weighted by Crippen LogP contribution is -2.46. The molecule has 0 saturated carbocycles. The number of carbonyl (C=O) groups excluding carboxylic acids is 1. The zero-order valence-electron chi connectivity index (χ0n) is 19.0. The number of piperidine rings is 1. The van der Waals surface area contributed by atoms with Crippen molar-refractivity contribution >= 4 is 6.09 Å². The minimum atomic E-state index is -0.476. The van der Waals surface area contributed by atoms with Gasteiger partial charge in [-0.3, -0.25) is 0 Å². The van der Waals surface area contributed by atoms with E-state index in [0.29, 0.717) is 13.1 Å². The van der Waals surface area contributed by atoms with Crippen molar-refractivity contribution in [2.45, 2.75) is 80.3 Å². The second-order valence-corrected chi connectivity index (χ2v) is 7.26. The number of hydrogen-bond donors (Lipinski definition) is 1. The van der Waals surface area contributed by atoms with Gasteiger partial charge in [0.05, 0.1) is 0 Å². The Labute approximate surface area is 168 Å². The fourth-order valence-corrected chi connectivity index (χ4v) is 2.76. The molecule has 1 aliphatic rings. The van der Waals surface area contributed by atoms with Gasteiger partial charge >= 0.3 is 6.09 Å². The molecule has 27 heavy (non-hydrogen) atoms. The van der Waals surface area contributed by atoms with Crippen LogP contribution in [0.25, 0.3) is 0 Å². The van der Waals surface area contributed by atoms with E-state index in [9.17, 15) is 9.90 Å². The molecule has 0 unspecified atom stereocenters. The molecule has 1 aliphatic heterocycles. The maximum atomic E-state index is 12.1. The molecule has 1 saturated heterocycles. The summed E-state index contributed by atoms with van der Waals surface area (Å²) in [5.74, 6) is 0. The highest BCUT2D eigenvalue weighted by Crippen LogP contribution is 2.37. The summed E-state index contributed by atoms with van der Waals surface area (Å²) in [6, 6.07) is 0. The lowest BCUT2D eigenvalue weighted by atomic mass is 9.74. The van der Waals surface area contributed by atoms with Crippen molar-refractivity contribution in [2.75, 3.05) is 19.7 Å². The third-order valence-corrected chi connectivity index (χ3v) is 4.21. The maximum Gasteiger partial charge on any atom is 0.410 e. The summed E-state index contributed by atoms with van der Waals surface area (Å²) in [6.07, 6.45) is 9.87. The van der Waals surface area contributed by atoms with Crippen molar-refractivity contribution in [1.82, 2.24) is 4.90 Å². The maximum absolute atomic E-state index is 12.1. The molecule has 1 heterocycles. The fourth-order valence-electron chi connectivity index (χ4n) is 2.76. The average molecular weight is 382 g/mol. The number of aliphatic hydroxyl groups excluding tert-OH is 1. The number of ether oxygens (including phenoxy) is 1. The van der Waals surface area contributed by atoms with Crippen LogP contribution >= 0.6 is 0 Å². The average Bonchev–Trinajstić information content (AvgIpc) is 2.67. The van der Waals surface area contributed by atoms with Gasteiger partial charge in [0.2, 0.25) is 0 Å². The highest BCUT2D eigenvalue weighted by Gasteiger charge is 2.36. The summed E-state index contributed by atoms with van der Waals surface area (Å²) >= 11 is 0. The second kappa shape index (κ2) is 14.5. The number of aliphatic hydroxyl groups is 1. The zero-order chi connectivity index (χ0) is 21.5. The largest absolute Gasteiger partial charge is 0.444 e. The molecule has 0 bridgehead atoms. The predicted octanol–water partition coefficient (Wildman–Crippen LogP) is 6.13.